The maximum Gasteiger partial charge on any atom is 0.263 e. The summed E-state index contributed by atoms with van der Waals surface area (Å²) in [5.74, 6) is 0.0765. The Morgan fingerprint density at radius 1 is 1.32 bits per heavy atom. The first kappa shape index (κ1) is 15.0. The Balaban J connectivity index is 1.79. The Morgan fingerprint density at radius 2 is 2.00 bits per heavy atom. The Bertz CT molecular complexity index is 721. The van der Waals surface area contributed by atoms with E-state index in [0.717, 1.165) is 25.7 Å². The highest BCUT2D eigenvalue weighted by Gasteiger charge is 2.31. The van der Waals surface area contributed by atoms with Crippen LogP contribution < -0.4 is 10.0 Å². The standard InChI is InChI=1S/C15H19N3O3S/c1-10(15(19)17-11-6-2-3-7-11)16-14-12-8-4-5-9-13(12)22(20,21)18-14/h4-5,8-11H,2-3,6-7H2,1H3,(H,16,18)(H,17,19)/t10-/m0/s1. The fourth-order valence-corrected chi connectivity index (χ4v) is 4.11. The first-order chi connectivity index (χ1) is 10.5. The number of hydrogen-bond donors (Lipinski definition) is 2. The summed E-state index contributed by atoms with van der Waals surface area (Å²) in [6.45, 7) is 1.67. The van der Waals surface area contributed by atoms with Crippen molar-refractivity contribution in [2.75, 3.05) is 0 Å². The van der Waals surface area contributed by atoms with Crippen LogP contribution in [0.3, 0.4) is 0 Å². The van der Waals surface area contributed by atoms with E-state index in [9.17, 15) is 13.2 Å². The lowest BCUT2D eigenvalue weighted by atomic mass is 10.2. The Hall–Kier alpha value is -1.89. The molecule has 2 N–H and O–H groups in total. The van der Waals surface area contributed by atoms with E-state index < -0.39 is 16.1 Å². The van der Waals surface area contributed by atoms with Crippen LogP contribution in [0.2, 0.25) is 0 Å². The molecular formula is C15H19N3O3S. The molecule has 0 radical (unpaired) electrons. The van der Waals surface area contributed by atoms with Gasteiger partial charge in [0.1, 0.15) is 11.9 Å². The van der Waals surface area contributed by atoms with Crippen LogP contribution >= 0.6 is 0 Å². The van der Waals surface area contributed by atoms with Gasteiger partial charge in [0.25, 0.3) is 10.0 Å². The van der Waals surface area contributed by atoms with Gasteiger partial charge in [-0.1, -0.05) is 25.0 Å². The molecule has 1 aromatic carbocycles. The van der Waals surface area contributed by atoms with E-state index in [1.54, 1.807) is 25.1 Å². The zero-order valence-electron chi connectivity index (χ0n) is 12.4. The molecule has 1 amide bonds. The molecule has 118 valence electrons. The van der Waals surface area contributed by atoms with Crippen LogP contribution in [0.15, 0.2) is 34.2 Å². The first-order valence-corrected chi connectivity index (χ1v) is 8.96. The van der Waals surface area contributed by atoms with Crippen LogP contribution in [0, 0.1) is 0 Å². The van der Waals surface area contributed by atoms with E-state index in [2.05, 4.69) is 15.0 Å². The summed E-state index contributed by atoms with van der Waals surface area (Å²) in [4.78, 5) is 16.6. The quantitative estimate of drug-likeness (QED) is 0.876. The largest absolute Gasteiger partial charge is 0.352 e. The predicted octanol–water partition coefficient (Wildman–Crippen LogP) is 1.17. The summed E-state index contributed by atoms with van der Waals surface area (Å²) < 4.78 is 26.4. The summed E-state index contributed by atoms with van der Waals surface area (Å²) in [5.41, 5.74) is 0.517. The van der Waals surface area contributed by atoms with Crippen LogP contribution in [0.1, 0.15) is 38.2 Å². The molecule has 1 aliphatic heterocycles. The van der Waals surface area contributed by atoms with Gasteiger partial charge in [-0.2, -0.15) is 0 Å². The van der Waals surface area contributed by atoms with Crippen LogP contribution in [0.25, 0.3) is 0 Å². The SMILES string of the molecule is C[C@H](N=C1NS(=O)(=O)c2ccccc21)C(=O)NC1CCCC1. The molecule has 1 atom stereocenters. The third-order valence-corrected chi connectivity index (χ3v) is 5.46. The van der Waals surface area contributed by atoms with Gasteiger partial charge in [0.05, 0.1) is 4.90 Å². The fraction of sp³-hybridized carbons (Fsp3) is 0.467. The molecule has 0 spiro atoms. The molecule has 0 bridgehead atoms. The summed E-state index contributed by atoms with van der Waals surface area (Å²) in [5, 5.41) is 2.97. The van der Waals surface area contributed by atoms with Crippen molar-refractivity contribution < 1.29 is 13.2 Å². The van der Waals surface area contributed by atoms with Crippen molar-refractivity contribution in [2.45, 2.75) is 49.6 Å². The highest BCUT2D eigenvalue weighted by molar-refractivity contribution is 7.90. The number of carbonyl (C=O) groups is 1. The second kappa shape index (κ2) is 5.72. The molecule has 0 saturated heterocycles. The van der Waals surface area contributed by atoms with Gasteiger partial charge in [0, 0.05) is 11.6 Å². The van der Waals surface area contributed by atoms with E-state index in [4.69, 9.17) is 0 Å². The van der Waals surface area contributed by atoms with Crippen molar-refractivity contribution in [1.82, 2.24) is 10.0 Å². The third kappa shape index (κ3) is 2.85. The highest BCUT2D eigenvalue weighted by Crippen LogP contribution is 2.23. The minimum atomic E-state index is -3.56. The van der Waals surface area contributed by atoms with Gasteiger partial charge in [-0.15, -0.1) is 0 Å². The van der Waals surface area contributed by atoms with Crippen LogP contribution in [-0.2, 0) is 14.8 Å². The molecule has 2 aliphatic rings. The number of nitrogens with zero attached hydrogens (tertiary/aromatic N) is 1. The molecule has 1 aromatic rings. The van der Waals surface area contributed by atoms with E-state index in [-0.39, 0.29) is 22.7 Å². The first-order valence-electron chi connectivity index (χ1n) is 7.48. The molecule has 6 nitrogen and oxygen atoms in total. The van der Waals surface area contributed by atoms with Gasteiger partial charge in [-0.05, 0) is 31.9 Å². The minimum Gasteiger partial charge on any atom is -0.352 e. The van der Waals surface area contributed by atoms with E-state index in [1.165, 1.54) is 6.07 Å². The molecule has 1 saturated carbocycles. The molecular weight excluding hydrogens is 302 g/mol. The van der Waals surface area contributed by atoms with Gasteiger partial charge in [0.2, 0.25) is 5.91 Å². The lowest BCUT2D eigenvalue weighted by Gasteiger charge is -2.14. The molecule has 3 rings (SSSR count). The summed E-state index contributed by atoms with van der Waals surface area (Å²) in [6.07, 6.45) is 4.29. The Labute approximate surface area is 130 Å². The zero-order chi connectivity index (χ0) is 15.7. The summed E-state index contributed by atoms with van der Waals surface area (Å²) >= 11 is 0. The third-order valence-electron chi connectivity index (χ3n) is 4.07. The summed E-state index contributed by atoms with van der Waals surface area (Å²) in [7, 11) is -3.56. The molecule has 1 aliphatic carbocycles. The second-order valence-electron chi connectivity index (χ2n) is 5.75. The number of sulfonamides is 1. The van der Waals surface area contributed by atoms with E-state index in [0.29, 0.717) is 5.56 Å². The number of fused-ring (bicyclic) bond motifs is 1. The van der Waals surface area contributed by atoms with Gasteiger partial charge >= 0.3 is 0 Å². The highest BCUT2D eigenvalue weighted by atomic mass is 32.2. The van der Waals surface area contributed by atoms with Crippen molar-refractivity contribution in [3.05, 3.63) is 29.8 Å². The maximum absolute atomic E-state index is 12.2. The van der Waals surface area contributed by atoms with Crippen molar-refractivity contribution in [2.24, 2.45) is 4.99 Å². The Morgan fingerprint density at radius 3 is 2.73 bits per heavy atom. The topological polar surface area (TPSA) is 87.6 Å². The molecule has 1 heterocycles. The molecule has 0 unspecified atom stereocenters. The minimum absolute atomic E-state index is 0.164. The number of carbonyl (C=O) groups excluding carboxylic acids is 1. The number of nitrogens with one attached hydrogen (secondary N) is 2. The van der Waals surface area contributed by atoms with Crippen molar-refractivity contribution in [3.8, 4) is 0 Å². The molecule has 0 aromatic heterocycles. The van der Waals surface area contributed by atoms with Crippen molar-refractivity contribution in [3.63, 3.8) is 0 Å². The number of amidine groups is 1. The second-order valence-corrected chi connectivity index (χ2v) is 7.40. The number of hydrogen-bond acceptors (Lipinski definition) is 4. The van der Waals surface area contributed by atoms with Crippen LogP contribution in [-0.4, -0.2) is 32.2 Å². The van der Waals surface area contributed by atoms with Crippen molar-refractivity contribution in [1.29, 1.82) is 0 Å². The Kier molecular flexibility index (Phi) is 3.90. The number of aliphatic imine (C=N–C) groups is 1. The number of amides is 1. The van der Waals surface area contributed by atoms with Gasteiger partial charge < -0.3 is 5.32 Å². The van der Waals surface area contributed by atoms with Gasteiger partial charge in [0.15, 0.2) is 0 Å². The number of benzene rings is 1. The van der Waals surface area contributed by atoms with Gasteiger partial charge in [-0.3, -0.25) is 14.5 Å². The average molecular weight is 321 g/mol. The zero-order valence-corrected chi connectivity index (χ0v) is 13.2. The average Bonchev–Trinajstić information content (AvgIpc) is 3.07. The lowest BCUT2D eigenvalue weighted by molar-refractivity contribution is -0.122. The molecule has 1 fully saturated rings. The van der Waals surface area contributed by atoms with Crippen LogP contribution in [0.4, 0.5) is 0 Å². The number of rotatable bonds is 3. The fourth-order valence-electron chi connectivity index (χ4n) is 2.87. The summed E-state index contributed by atoms with van der Waals surface area (Å²) in [6, 6.07) is 6.22. The molecule has 22 heavy (non-hydrogen) atoms. The monoisotopic (exact) mass is 321 g/mol. The maximum atomic E-state index is 12.2. The predicted molar refractivity (Wildman–Crippen MR) is 83.2 cm³/mol. The molecule has 7 heteroatoms. The van der Waals surface area contributed by atoms with E-state index >= 15 is 0 Å². The van der Waals surface area contributed by atoms with Gasteiger partial charge in [-0.25, -0.2) is 8.42 Å². The normalized spacial score (nSPS) is 23.0. The van der Waals surface area contributed by atoms with Crippen molar-refractivity contribution >= 4 is 21.8 Å². The van der Waals surface area contributed by atoms with Crippen LogP contribution in [0.5, 0.6) is 0 Å². The lowest BCUT2D eigenvalue weighted by Crippen LogP contribution is -2.39. The smallest absolute Gasteiger partial charge is 0.263 e. The van der Waals surface area contributed by atoms with E-state index in [1.807, 2.05) is 0 Å².